The van der Waals surface area contributed by atoms with Crippen molar-refractivity contribution < 1.29 is 24.9 Å². The van der Waals surface area contributed by atoms with E-state index in [1.807, 2.05) is 5.32 Å². The van der Waals surface area contributed by atoms with Gasteiger partial charge in [0.25, 0.3) is 0 Å². The summed E-state index contributed by atoms with van der Waals surface area (Å²) < 4.78 is 0. The summed E-state index contributed by atoms with van der Waals surface area (Å²) in [5.74, 6) is -2.16. The van der Waals surface area contributed by atoms with E-state index in [9.17, 15) is 9.59 Å². The highest BCUT2D eigenvalue weighted by Gasteiger charge is 2.20. The van der Waals surface area contributed by atoms with Crippen LogP contribution in [0.5, 0.6) is 0 Å². The molecule has 4 N–H and O–H groups in total. The molecule has 0 aliphatic heterocycles. The van der Waals surface area contributed by atoms with Gasteiger partial charge >= 0.3 is 5.97 Å². The maximum Gasteiger partial charge on any atom is 0.328 e. The molecule has 6 heteroatoms. The minimum Gasteiger partial charge on any atom is -0.480 e. The highest BCUT2D eigenvalue weighted by molar-refractivity contribution is 5.85. The number of aliphatic carboxylic acids is 1. The van der Waals surface area contributed by atoms with Crippen LogP contribution in [0.1, 0.15) is 6.92 Å². The van der Waals surface area contributed by atoms with Gasteiger partial charge in [-0.15, -0.1) is 0 Å². The zero-order valence-electron chi connectivity index (χ0n) is 6.52. The third kappa shape index (κ3) is 3.31. The van der Waals surface area contributed by atoms with Crippen LogP contribution in [0.15, 0.2) is 0 Å². The molecular weight excluding hydrogens is 166 g/mol. The first-order valence-electron chi connectivity index (χ1n) is 3.31. The van der Waals surface area contributed by atoms with Crippen molar-refractivity contribution in [3.8, 4) is 0 Å². The van der Waals surface area contributed by atoms with E-state index in [0.29, 0.717) is 0 Å². The molecule has 0 fully saturated rings. The van der Waals surface area contributed by atoms with Crippen molar-refractivity contribution in [2.75, 3.05) is 6.61 Å². The number of carbonyl (C=O) groups excluding carboxylic acids is 1. The summed E-state index contributed by atoms with van der Waals surface area (Å²) >= 11 is 0. The second kappa shape index (κ2) is 4.68. The third-order valence-corrected chi connectivity index (χ3v) is 1.18. The van der Waals surface area contributed by atoms with Crippen LogP contribution in [0.3, 0.4) is 0 Å². The van der Waals surface area contributed by atoms with E-state index < -0.39 is 30.6 Å². The first-order valence-corrected chi connectivity index (χ1v) is 3.31. The zero-order chi connectivity index (χ0) is 9.72. The smallest absolute Gasteiger partial charge is 0.328 e. The van der Waals surface area contributed by atoms with Gasteiger partial charge in [-0.05, 0) is 6.92 Å². The number of aliphatic hydroxyl groups is 2. The number of carboxylic acids is 1. The Bertz CT molecular complexity index is 179. The minimum absolute atomic E-state index is 0.701. The topological polar surface area (TPSA) is 107 Å². The Morgan fingerprint density at radius 2 is 2.00 bits per heavy atom. The monoisotopic (exact) mass is 177 g/mol. The Kier molecular flexibility index (Phi) is 4.24. The van der Waals surface area contributed by atoms with Gasteiger partial charge in [-0.1, -0.05) is 0 Å². The number of nitrogens with one attached hydrogen (secondary N) is 1. The highest BCUT2D eigenvalue weighted by atomic mass is 16.4. The first-order chi connectivity index (χ1) is 5.49. The van der Waals surface area contributed by atoms with Crippen LogP contribution in [0.4, 0.5) is 0 Å². The lowest BCUT2D eigenvalue weighted by Gasteiger charge is -2.12. The molecule has 1 amide bonds. The molecule has 6 nitrogen and oxygen atoms in total. The fourth-order valence-corrected chi connectivity index (χ4v) is 0.478. The van der Waals surface area contributed by atoms with E-state index in [4.69, 9.17) is 15.3 Å². The normalized spacial score (nSPS) is 14.9. The largest absolute Gasteiger partial charge is 0.480 e. The van der Waals surface area contributed by atoms with Gasteiger partial charge in [-0.3, -0.25) is 4.79 Å². The van der Waals surface area contributed by atoms with Crippen LogP contribution in [0.2, 0.25) is 0 Å². The number of carbonyl (C=O) groups is 2. The first kappa shape index (κ1) is 10.9. The average molecular weight is 177 g/mol. The standard InChI is InChI=1S/C6H11NO5/c1-3(9)5(10)7-4(2-8)6(11)12/h3-4,8-9H,2H2,1H3,(H,7,10)(H,11,12)/t3?,4-/m0/s1. The van der Waals surface area contributed by atoms with Crippen LogP contribution in [-0.2, 0) is 9.59 Å². The summed E-state index contributed by atoms with van der Waals surface area (Å²) in [5, 5.41) is 27.4. The van der Waals surface area contributed by atoms with Gasteiger partial charge in [0.2, 0.25) is 5.91 Å². The Hall–Kier alpha value is -1.14. The summed E-state index contributed by atoms with van der Waals surface area (Å²) in [6.45, 7) is 0.499. The van der Waals surface area contributed by atoms with Crippen molar-refractivity contribution in [1.82, 2.24) is 5.32 Å². The predicted molar refractivity (Wildman–Crippen MR) is 38.3 cm³/mol. The Morgan fingerprint density at radius 3 is 2.25 bits per heavy atom. The van der Waals surface area contributed by atoms with E-state index in [0.717, 1.165) is 0 Å². The van der Waals surface area contributed by atoms with Crippen LogP contribution in [0.25, 0.3) is 0 Å². The number of carboxylic acid groups (broad SMARTS) is 1. The SMILES string of the molecule is CC(O)C(=O)N[C@@H](CO)C(=O)O. The van der Waals surface area contributed by atoms with E-state index in [-0.39, 0.29) is 0 Å². The molecule has 1 unspecified atom stereocenters. The second-order valence-electron chi connectivity index (χ2n) is 2.26. The van der Waals surface area contributed by atoms with Gasteiger partial charge in [-0.25, -0.2) is 4.79 Å². The molecule has 0 heterocycles. The van der Waals surface area contributed by atoms with Crippen molar-refractivity contribution in [2.45, 2.75) is 19.1 Å². The molecule has 12 heavy (non-hydrogen) atoms. The average Bonchev–Trinajstić information content (AvgIpc) is 1.98. The molecule has 0 aliphatic carbocycles. The van der Waals surface area contributed by atoms with Gasteiger partial charge in [0.15, 0.2) is 0 Å². The molecule has 0 aromatic heterocycles. The zero-order valence-corrected chi connectivity index (χ0v) is 6.52. The number of rotatable bonds is 4. The fourth-order valence-electron chi connectivity index (χ4n) is 0.478. The molecule has 0 bridgehead atoms. The van der Waals surface area contributed by atoms with Gasteiger partial charge in [0.1, 0.15) is 12.1 Å². The van der Waals surface area contributed by atoms with Crippen molar-refractivity contribution in [3.63, 3.8) is 0 Å². The molecule has 0 saturated heterocycles. The van der Waals surface area contributed by atoms with Crippen LogP contribution < -0.4 is 5.32 Å². The highest BCUT2D eigenvalue weighted by Crippen LogP contribution is 1.85. The molecule has 0 saturated carbocycles. The summed E-state index contributed by atoms with van der Waals surface area (Å²) in [7, 11) is 0. The van der Waals surface area contributed by atoms with E-state index in [1.165, 1.54) is 6.92 Å². The Balaban J connectivity index is 4.03. The second-order valence-corrected chi connectivity index (χ2v) is 2.26. The minimum atomic E-state index is -1.35. The van der Waals surface area contributed by atoms with Gasteiger partial charge in [0.05, 0.1) is 6.61 Å². The molecule has 0 radical (unpaired) electrons. The maximum absolute atomic E-state index is 10.7. The molecule has 0 aromatic rings. The van der Waals surface area contributed by atoms with Crippen LogP contribution >= 0.6 is 0 Å². The molecule has 2 atom stereocenters. The number of hydrogen-bond acceptors (Lipinski definition) is 4. The van der Waals surface area contributed by atoms with Gasteiger partial charge < -0.3 is 20.6 Å². The third-order valence-electron chi connectivity index (χ3n) is 1.18. The number of amides is 1. The molecule has 0 rings (SSSR count). The molecule has 70 valence electrons. The summed E-state index contributed by atoms with van der Waals surface area (Å²) in [4.78, 5) is 20.9. The van der Waals surface area contributed by atoms with Crippen molar-refractivity contribution in [3.05, 3.63) is 0 Å². The molecule has 0 aromatic carbocycles. The van der Waals surface area contributed by atoms with Crippen molar-refractivity contribution in [2.24, 2.45) is 0 Å². The van der Waals surface area contributed by atoms with Crippen molar-refractivity contribution >= 4 is 11.9 Å². The number of aliphatic hydroxyl groups excluding tert-OH is 2. The summed E-state index contributed by atoms with van der Waals surface area (Å²) in [5.41, 5.74) is 0. The van der Waals surface area contributed by atoms with E-state index in [2.05, 4.69) is 0 Å². The van der Waals surface area contributed by atoms with Gasteiger partial charge in [0, 0.05) is 0 Å². The number of hydrogen-bond donors (Lipinski definition) is 4. The molecular formula is C6H11NO5. The summed E-state index contributed by atoms with van der Waals surface area (Å²) in [6, 6.07) is -1.35. The Morgan fingerprint density at radius 1 is 1.50 bits per heavy atom. The predicted octanol–water partition coefficient (Wildman–Crippen LogP) is -2.07. The van der Waals surface area contributed by atoms with Crippen molar-refractivity contribution in [1.29, 1.82) is 0 Å². The van der Waals surface area contributed by atoms with Crippen LogP contribution in [-0.4, -0.2) is 45.9 Å². The molecule has 0 spiro atoms. The lowest BCUT2D eigenvalue weighted by molar-refractivity contribution is -0.144. The lowest BCUT2D eigenvalue weighted by Crippen LogP contribution is -2.46. The lowest BCUT2D eigenvalue weighted by atomic mass is 10.3. The van der Waals surface area contributed by atoms with Crippen LogP contribution in [0, 0.1) is 0 Å². The fraction of sp³-hybridized carbons (Fsp3) is 0.667. The van der Waals surface area contributed by atoms with Gasteiger partial charge in [-0.2, -0.15) is 0 Å². The maximum atomic E-state index is 10.7. The summed E-state index contributed by atoms with van der Waals surface area (Å²) in [6.07, 6.45) is -1.28. The van der Waals surface area contributed by atoms with E-state index >= 15 is 0 Å². The molecule has 0 aliphatic rings. The quantitative estimate of drug-likeness (QED) is 0.394. The Labute approximate surface area is 68.8 Å². The van der Waals surface area contributed by atoms with E-state index in [1.54, 1.807) is 0 Å².